The van der Waals surface area contributed by atoms with Gasteiger partial charge in [0.05, 0.1) is 10.2 Å². The highest BCUT2D eigenvalue weighted by molar-refractivity contribution is 9.12. The van der Waals surface area contributed by atoms with Crippen LogP contribution in [-0.2, 0) is 14.9 Å². The fraction of sp³-hybridized carbons (Fsp3) is 0. The molecule has 24 heavy (non-hydrogen) atoms. The normalized spacial score (nSPS) is 10.9. The second kappa shape index (κ2) is 7.08. The number of nitrogens with one attached hydrogen (secondary N) is 1. The van der Waals surface area contributed by atoms with E-state index in [1.54, 1.807) is 30.3 Å². The lowest BCUT2D eigenvalue weighted by Crippen LogP contribution is -2.15. The summed E-state index contributed by atoms with van der Waals surface area (Å²) in [5.41, 5.74) is 0.265. The van der Waals surface area contributed by atoms with Gasteiger partial charge in [-0.25, -0.2) is 0 Å². The number of hydrogen-bond donors (Lipinski definition) is 2. The highest BCUT2D eigenvalue weighted by Gasteiger charge is 2.20. The Morgan fingerprint density at radius 1 is 1.04 bits per heavy atom. The van der Waals surface area contributed by atoms with E-state index in [0.717, 1.165) is 6.07 Å². The smallest absolute Gasteiger partial charge is 0.296 e. The molecule has 0 atom stereocenters. The van der Waals surface area contributed by atoms with Crippen LogP contribution in [0.1, 0.15) is 15.9 Å². The molecule has 0 fully saturated rings. The van der Waals surface area contributed by atoms with Crippen molar-refractivity contribution < 1.29 is 22.6 Å². The zero-order valence-corrected chi connectivity index (χ0v) is 14.6. The maximum atomic E-state index is 12.4. The van der Waals surface area contributed by atoms with Gasteiger partial charge in [0, 0.05) is 11.1 Å². The molecular weight excluding hydrogens is 398 g/mol. The average Bonchev–Trinajstić information content (AvgIpc) is 2.54. The Morgan fingerprint density at radius 3 is 2.21 bits per heavy atom. The Labute approximate surface area is 147 Å². The first-order valence-electron chi connectivity index (χ1n) is 6.57. The van der Waals surface area contributed by atoms with Crippen molar-refractivity contribution in [1.29, 1.82) is 0 Å². The van der Waals surface area contributed by atoms with Crippen molar-refractivity contribution in [3.05, 3.63) is 70.7 Å². The number of rotatable bonds is 5. The van der Waals surface area contributed by atoms with Crippen molar-refractivity contribution >= 4 is 43.4 Å². The van der Waals surface area contributed by atoms with Crippen LogP contribution in [0.25, 0.3) is 0 Å². The van der Waals surface area contributed by atoms with Crippen LogP contribution in [0.4, 0.5) is 5.69 Å². The average molecular weight is 410 g/mol. The third-order valence-electron chi connectivity index (χ3n) is 3.05. The molecule has 0 aliphatic rings. The Kier molecular flexibility index (Phi) is 5.33. The lowest BCUT2D eigenvalue weighted by atomic mass is 10.0. The molecule has 6 nitrogen and oxygen atoms in total. The predicted octanol–water partition coefficient (Wildman–Crippen LogP) is 3.01. The molecule has 0 aromatic heterocycles. The number of ketones is 1. The predicted molar refractivity (Wildman–Crippen MR) is 92.8 cm³/mol. The van der Waals surface area contributed by atoms with Gasteiger partial charge in [-0.05, 0) is 34.1 Å². The van der Waals surface area contributed by atoms with Crippen molar-refractivity contribution in [2.45, 2.75) is 4.90 Å². The van der Waals surface area contributed by atoms with E-state index >= 15 is 0 Å². The highest BCUT2D eigenvalue weighted by atomic mass is 79.9. The summed E-state index contributed by atoms with van der Waals surface area (Å²) >= 11 is 2.87. The van der Waals surface area contributed by atoms with Gasteiger partial charge in [0.15, 0.2) is 5.78 Å². The Morgan fingerprint density at radius 2 is 1.67 bits per heavy atom. The van der Waals surface area contributed by atoms with Gasteiger partial charge in [0.25, 0.3) is 16.0 Å². The second-order valence-electron chi connectivity index (χ2n) is 4.74. The Balaban J connectivity index is 2.49. The topological polar surface area (TPSA) is 101 Å². The molecule has 0 aliphatic carbocycles. The first-order chi connectivity index (χ1) is 11.2. The number of carbonyl (C=O) groups is 2. The minimum absolute atomic E-state index is 0.0202. The maximum Gasteiger partial charge on any atom is 0.296 e. The van der Waals surface area contributed by atoms with Crippen molar-refractivity contribution in [1.82, 2.24) is 0 Å². The molecule has 2 aromatic carbocycles. The summed E-state index contributed by atoms with van der Waals surface area (Å²) in [6.07, 6.45) is 0. The fourth-order valence-electron chi connectivity index (χ4n) is 1.93. The molecule has 2 N–H and O–H groups in total. The van der Waals surface area contributed by atoms with Gasteiger partial charge in [0.1, 0.15) is 4.90 Å². The van der Waals surface area contributed by atoms with E-state index in [-0.39, 0.29) is 15.7 Å². The molecule has 2 aromatic rings. The third-order valence-corrected chi connectivity index (χ3v) is 4.31. The van der Waals surface area contributed by atoms with E-state index in [1.807, 2.05) is 0 Å². The largest absolute Gasteiger partial charge is 0.320 e. The lowest BCUT2D eigenvalue weighted by Gasteiger charge is -2.10. The van der Waals surface area contributed by atoms with Gasteiger partial charge in [-0.3, -0.25) is 14.1 Å². The molecule has 124 valence electrons. The molecule has 0 spiro atoms. The Bertz CT molecular complexity index is 923. The monoisotopic (exact) mass is 409 g/mol. The van der Waals surface area contributed by atoms with Gasteiger partial charge < -0.3 is 5.32 Å². The van der Waals surface area contributed by atoms with Crippen LogP contribution in [0.5, 0.6) is 0 Å². The summed E-state index contributed by atoms with van der Waals surface area (Å²) in [6, 6.07) is 11.9. The second-order valence-corrected chi connectivity index (χ2v) is 7.09. The summed E-state index contributed by atoms with van der Waals surface area (Å²) in [4.78, 5) is 23.4. The van der Waals surface area contributed by atoms with Crippen LogP contribution in [0, 0.1) is 0 Å². The van der Waals surface area contributed by atoms with E-state index in [2.05, 4.69) is 27.8 Å². The van der Waals surface area contributed by atoms with Crippen molar-refractivity contribution in [3.63, 3.8) is 0 Å². The zero-order valence-electron chi connectivity index (χ0n) is 12.2. The summed E-state index contributed by atoms with van der Waals surface area (Å²) in [7, 11) is -4.65. The van der Waals surface area contributed by atoms with Crippen LogP contribution in [0.3, 0.4) is 0 Å². The molecule has 0 saturated heterocycles. The zero-order chi connectivity index (χ0) is 17.9. The lowest BCUT2D eigenvalue weighted by molar-refractivity contribution is -0.112. The van der Waals surface area contributed by atoms with Crippen LogP contribution < -0.4 is 5.32 Å². The van der Waals surface area contributed by atoms with Gasteiger partial charge in [-0.15, -0.1) is 0 Å². The van der Waals surface area contributed by atoms with E-state index in [9.17, 15) is 22.6 Å². The highest BCUT2D eigenvalue weighted by Crippen LogP contribution is 2.25. The van der Waals surface area contributed by atoms with E-state index in [0.29, 0.717) is 5.56 Å². The van der Waals surface area contributed by atoms with Crippen LogP contribution in [-0.4, -0.2) is 24.7 Å². The number of amides is 1. The number of hydrogen-bond acceptors (Lipinski definition) is 4. The minimum atomic E-state index is -4.65. The third kappa shape index (κ3) is 4.16. The van der Waals surface area contributed by atoms with Crippen LogP contribution in [0.2, 0.25) is 0 Å². The van der Waals surface area contributed by atoms with Gasteiger partial charge in [-0.1, -0.05) is 36.9 Å². The first-order valence-corrected chi connectivity index (χ1v) is 8.80. The quantitative estimate of drug-likeness (QED) is 0.449. The van der Waals surface area contributed by atoms with Crippen LogP contribution in [0.15, 0.2) is 64.5 Å². The molecule has 0 unspecified atom stereocenters. The molecule has 0 saturated carbocycles. The number of anilines is 1. The minimum Gasteiger partial charge on any atom is -0.320 e. The molecule has 0 heterocycles. The standard InChI is InChI=1S/C16H12BrNO5S/c1-10(17)16(20)18-13-8-7-12(9-14(13)24(21,22)23)15(19)11-5-3-2-4-6-11/h2-9H,1H2,(H,18,20)(H,21,22,23). The number of halogens is 1. The van der Waals surface area contributed by atoms with E-state index < -0.39 is 26.7 Å². The molecule has 1 amide bonds. The van der Waals surface area contributed by atoms with Gasteiger partial charge in [-0.2, -0.15) is 8.42 Å². The summed E-state index contributed by atoms with van der Waals surface area (Å²) < 4.78 is 32.5. The van der Waals surface area contributed by atoms with Crippen molar-refractivity contribution in [3.8, 4) is 0 Å². The molecule has 8 heteroatoms. The van der Waals surface area contributed by atoms with Crippen LogP contribution >= 0.6 is 15.9 Å². The SMILES string of the molecule is C=C(Br)C(=O)Nc1ccc(C(=O)c2ccccc2)cc1S(=O)(=O)O. The summed E-state index contributed by atoms with van der Waals surface area (Å²) in [5, 5.41) is 2.29. The van der Waals surface area contributed by atoms with E-state index in [1.165, 1.54) is 12.1 Å². The summed E-state index contributed by atoms with van der Waals surface area (Å²) in [6.45, 7) is 3.37. The Hall–Kier alpha value is -2.29. The first kappa shape index (κ1) is 18.1. The summed E-state index contributed by atoms with van der Waals surface area (Å²) in [5.74, 6) is -1.09. The molecule has 0 radical (unpaired) electrons. The molecule has 0 bridgehead atoms. The van der Waals surface area contributed by atoms with Crippen molar-refractivity contribution in [2.75, 3.05) is 5.32 Å². The maximum absolute atomic E-state index is 12.4. The van der Waals surface area contributed by atoms with Gasteiger partial charge in [0.2, 0.25) is 0 Å². The van der Waals surface area contributed by atoms with E-state index in [4.69, 9.17) is 0 Å². The molecular formula is C16H12BrNO5S. The number of carbonyl (C=O) groups excluding carboxylic acids is 2. The molecule has 0 aliphatic heterocycles. The number of benzene rings is 2. The van der Waals surface area contributed by atoms with Crippen molar-refractivity contribution in [2.24, 2.45) is 0 Å². The van der Waals surface area contributed by atoms with Gasteiger partial charge >= 0.3 is 0 Å². The molecule has 2 rings (SSSR count). The fourth-order valence-corrected chi connectivity index (χ4v) is 2.70.